The van der Waals surface area contributed by atoms with Gasteiger partial charge in [0.15, 0.2) is 17.0 Å². The first-order chi connectivity index (χ1) is 17.6. The normalized spacial score (nSPS) is 15.9. The highest BCUT2D eigenvalue weighted by Gasteiger charge is 2.26. The molecule has 0 saturated carbocycles. The summed E-state index contributed by atoms with van der Waals surface area (Å²) in [6.07, 6.45) is 6.63. The molecule has 12 nitrogen and oxygen atoms in total. The number of nitrogen functional groups attached to an aromatic ring is 1. The second-order valence-electron chi connectivity index (χ2n) is 8.71. The number of fused-ring (bicyclic) bond motifs is 2. The fraction of sp³-hybridized carbons (Fsp3) is 0.250. The van der Waals surface area contributed by atoms with Crippen LogP contribution in [0.2, 0.25) is 0 Å². The Labute approximate surface area is 205 Å². The van der Waals surface area contributed by atoms with Crippen LogP contribution in [-0.4, -0.2) is 53.3 Å². The van der Waals surface area contributed by atoms with Gasteiger partial charge in [-0.25, -0.2) is 24.1 Å². The molecule has 4 aromatic heterocycles. The van der Waals surface area contributed by atoms with Gasteiger partial charge in [-0.2, -0.15) is 10.2 Å². The predicted molar refractivity (Wildman–Crippen MR) is 133 cm³/mol. The summed E-state index contributed by atoms with van der Waals surface area (Å²) in [6.45, 7) is 3.63. The fourth-order valence-corrected chi connectivity index (χ4v) is 4.47. The molecule has 1 amide bonds. The van der Waals surface area contributed by atoms with Crippen molar-refractivity contribution < 1.29 is 9.53 Å². The minimum atomic E-state index is -0.380. The molecule has 182 valence electrons. The van der Waals surface area contributed by atoms with E-state index in [0.29, 0.717) is 33.9 Å². The van der Waals surface area contributed by atoms with E-state index in [2.05, 4.69) is 35.8 Å². The first-order valence-corrected chi connectivity index (χ1v) is 11.7. The smallest absolute Gasteiger partial charge is 0.277 e. The molecule has 36 heavy (non-hydrogen) atoms. The van der Waals surface area contributed by atoms with Crippen molar-refractivity contribution in [1.82, 2.24) is 39.7 Å². The van der Waals surface area contributed by atoms with Gasteiger partial charge in [-0.3, -0.25) is 4.79 Å². The summed E-state index contributed by atoms with van der Waals surface area (Å²) < 4.78 is 9.48. The number of carbonyl (C=O) groups excluding carboxylic acids is 1. The topological polar surface area (TPSA) is 150 Å². The summed E-state index contributed by atoms with van der Waals surface area (Å²) >= 11 is 0. The number of hydrogen-bond acceptors (Lipinski definition) is 9. The Bertz CT molecular complexity index is 1580. The number of rotatable bonds is 5. The van der Waals surface area contributed by atoms with Crippen molar-refractivity contribution in [3.8, 4) is 11.5 Å². The highest BCUT2D eigenvalue weighted by atomic mass is 16.5. The van der Waals surface area contributed by atoms with Gasteiger partial charge in [-0.05, 0) is 56.1 Å². The molecule has 0 radical (unpaired) electrons. The number of anilines is 2. The maximum atomic E-state index is 13.3. The highest BCUT2D eigenvalue weighted by Crippen LogP contribution is 2.30. The summed E-state index contributed by atoms with van der Waals surface area (Å²) in [7, 11) is 0. The van der Waals surface area contributed by atoms with Crippen LogP contribution in [0, 0.1) is 6.92 Å². The molecule has 5 aromatic rings. The Morgan fingerprint density at radius 2 is 2.11 bits per heavy atom. The van der Waals surface area contributed by atoms with Crippen LogP contribution in [-0.2, 0) is 0 Å². The van der Waals surface area contributed by atoms with Crippen LogP contribution < -0.4 is 21.1 Å². The Morgan fingerprint density at radius 1 is 1.19 bits per heavy atom. The molecule has 0 aliphatic carbocycles. The zero-order chi connectivity index (χ0) is 24.6. The number of ether oxygens (including phenoxy) is 1. The van der Waals surface area contributed by atoms with E-state index in [4.69, 9.17) is 10.5 Å². The van der Waals surface area contributed by atoms with Crippen LogP contribution in [0.3, 0.4) is 0 Å². The summed E-state index contributed by atoms with van der Waals surface area (Å²) in [5.41, 5.74) is 9.06. The third-order valence-electron chi connectivity index (χ3n) is 6.26. The third kappa shape index (κ3) is 3.96. The molecule has 1 fully saturated rings. The number of piperidine rings is 1. The van der Waals surface area contributed by atoms with Gasteiger partial charge in [0, 0.05) is 24.5 Å². The van der Waals surface area contributed by atoms with Crippen molar-refractivity contribution in [2.75, 3.05) is 24.1 Å². The average Bonchev–Trinajstić information content (AvgIpc) is 3.51. The van der Waals surface area contributed by atoms with Crippen molar-refractivity contribution in [2.24, 2.45) is 0 Å². The molecule has 4 N–H and O–H groups in total. The van der Waals surface area contributed by atoms with Crippen molar-refractivity contribution in [2.45, 2.75) is 25.8 Å². The van der Waals surface area contributed by atoms with E-state index in [1.165, 1.54) is 12.7 Å². The molecular formula is C24H24N10O2. The van der Waals surface area contributed by atoms with Crippen molar-refractivity contribution in [3.63, 3.8) is 0 Å². The second-order valence-corrected chi connectivity index (χ2v) is 8.71. The largest absolute Gasteiger partial charge is 0.457 e. The lowest BCUT2D eigenvalue weighted by Crippen LogP contribution is -2.32. The van der Waals surface area contributed by atoms with E-state index in [0.717, 1.165) is 31.5 Å². The Kier molecular flexibility index (Phi) is 5.41. The summed E-state index contributed by atoms with van der Waals surface area (Å²) in [5, 5.41) is 15.5. The maximum absolute atomic E-state index is 13.3. The van der Waals surface area contributed by atoms with Crippen LogP contribution in [0.4, 0.5) is 11.5 Å². The zero-order valence-corrected chi connectivity index (χ0v) is 19.5. The average molecular weight is 485 g/mol. The lowest BCUT2D eigenvalue weighted by molar-refractivity contribution is 0.102. The Hall–Kier alpha value is -4.58. The number of aryl methyl sites for hydroxylation is 1. The number of amides is 1. The molecule has 1 saturated heterocycles. The molecule has 0 bridgehead atoms. The first-order valence-electron chi connectivity index (χ1n) is 11.7. The van der Waals surface area contributed by atoms with E-state index >= 15 is 0 Å². The summed E-state index contributed by atoms with van der Waals surface area (Å²) in [6, 6.07) is 9.13. The van der Waals surface area contributed by atoms with Crippen molar-refractivity contribution in [3.05, 3.63) is 60.4 Å². The van der Waals surface area contributed by atoms with Gasteiger partial charge in [0.2, 0.25) is 0 Å². The van der Waals surface area contributed by atoms with E-state index in [9.17, 15) is 4.79 Å². The lowest BCUT2D eigenvalue weighted by Gasteiger charge is -2.23. The van der Waals surface area contributed by atoms with Crippen LogP contribution in [0.5, 0.6) is 11.5 Å². The molecule has 1 aromatic carbocycles. The minimum absolute atomic E-state index is 0.0905. The zero-order valence-electron chi connectivity index (χ0n) is 19.5. The number of nitrogens with two attached hydrogens (primary N) is 1. The van der Waals surface area contributed by atoms with Gasteiger partial charge in [0.1, 0.15) is 30.0 Å². The Balaban J connectivity index is 1.25. The molecule has 1 aliphatic rings. The maximum Gasteiger partial charge on any atom is 0.277 e. The molecule has 0 spiro atoms. The first kappa shape index (κ1) is 21.9. The number of aromatic nitrogens is 7. The van der Waals surface area contributed by atoms with Gasteiger partial charge < -0.3 is 21.1 Å². The molecule has 1 aliphatic heterocycles. The van der Waals surface area contributed by atoms with Gasteiger partial charge >= 0.3 is 0 Å². The third-order valence-corrected chi connectivity index (χ3v) is 6.26. The highest BCUT2D eigenvalue weighted by molar-refractivity contribution is 6.13. The standard InChI is InChI=1S/C24H24N10O2/c1-14-9-15(4-5-18(14)36-17-6-8-33-19(10-17)27-13-30-33)31-24(35)21-20-22(25)28-12-29-23(20)34(32-21)16-3-2-7-26-11-16/h4-6,8-10,12-13,16,26H,2-3,7,11H2,1H3,(H,31,35)(H2,25,28,29)/t16-/m1/s1. The lowest BCUT2D eigenvalue weighted by atomic mass is 10.1. The predicted octanol–water partition coefficient (Wildman–Crippen LogP) is 2.73. The van der Waals surface area contributed by atoms with Crippen LogP contribution in [0.1, 0.15) is 34.9 Å². The molecule has 6 rings (SSSR count). The van der Waals surface area contributed by atoms with Gasteiger partial charge in [-0.15, -0.1) is 0 Å². The van der Waals surface area contributed by atoms with Gasteiger partial charge in [0.05, 0.1) is 11.4 Å². The van der Waals surface area contributed by atoms with Crippen LogP contribution in [0.15, 0.2) is 49.2 Å². The SMILES string of the molecule is Cc1cc(NC(=O)c2nn([C@@H]3CCCNC3)c3ncnc(N)c23)ccc1Oc1ccn2ncnc2c1. The number of benzene rings is 1. The second kappa shape index (κ2) is 8.89. The number of pyridine rings is 1. The fourth-order valence-electron chi connectivity index (χ4n) is 4.47. The summed E-state index contributed by atoms with van der Waals surface area (Å²) in [5.74, 6) is 1.15. The number of nitrogens with one attached hydrogen (secondary N) is 2. The monoisotopic (exact) mass is 484 g/mol. The minimum Gasteiger partial charge on any atom is -0.457 e. The molecule has 0 unspecified atom stereocenters. The molecule has 5 heterocycles. The molecule has 12 heteroatoms. The van der Waals surface area contributed by atoms with Crippen molar-refractivity contribution in [1.29, 1.82) is 0 Å². The van der Waals surface area contributed by atoms with Crippen LogP contribution in [0.25, 0.3) is 16.7 Å². The molecule has 1 atom stereocenters. The van der Waals surface area contributed by atoms with Crippen molar-refractivity contribution >= 4 is 34.1 Å². The number of hydrogen-bond donors (Lipinski definition) is 3. The van der Waals surface area contributed by atoms with E-state index in [1.807, 2.05) is 19.1 Å². The van der Waals surface area contributed by atoms with Crippen LogP contribution >= 0.6 is 0 Å². The quantitative estimate of drug-likeness (QED) is 0.342. The number of carbonyl (C=O) groups is 1. The number of nitrogens with zero attached hydrogens (tertiary/aromatic N) is 7. The van der Waals surface area contributed by atoms with Gasteiger partial charge in [-0.1, -0.05) is 0 Å². The van der Waals surface area contributed by atoms with E-state index in [-0.39, 0.29) is 23.5 Å². The van der Waals surface area contributed by atoms with E-state index in [1.54, 1.807) is 33.6 Å². The molecular weight excluding hydrogens is 460 g/mol. The van der Waals surface area contributed by atoms with E-state index < -0.39 is 0 Å². The van der Waals surface area contributed by atoms with Gasteiger partial charge in [0.25, 0.3) is 5.91 Å². The Morgan fingerprint density at radius 3 is 2.94 bits per heavy atom. The summed E-state index contributed by atoms with van der Waals surface area (Å²) in [4.78, 5) is 25.9.